The molecule has 1 aromatic heterocycles. The van der Waals surface area contributed by atoms with Gasteiger partial charge in [-0.25, -0.2) is 4.79 Å². The molecule has 0 spiro atoms. The number of rotatable bonds is 11. The average molecular weight is 561 g/mol. The number of aliphatic carboxylic acids is 1. The fourth-order valence-electron chi connectivity index (χ4n) is 4.60. The molecule has 0 bridgehead atoms. The number of carbonyl (C=O) groups excluding carboxylic acids is 1. The van der Waals surface area contributed by atoms with Gasteiger partial charge in [0.1, 0.15) is 12.1 Å². The molecule has 2 atom stereocenters. The number of carboxylic acid groups (broad SMARTS) is 1. The molecule has 8 heteroatoms. The second kappa shape index (κ2) is 14.9. The Morgan fingerprint density at radius 3 is 2.37 bits per heavy atom. The van der Waals surface area contributed by atoms with E-state index in [0.29, 0.717) is 40.1 Å². The number of carboxylic acids is 1. The van der Waals surface area contributed by atoms with E-state index in [1.165, 1.54) is 11.8 Å². The van der Waals surface area contributed by atoms with E-state index in [4.69, 9.17) is 0 Å². The van der Waals surface area contributed by atoms with Crippen LogP contribution in [-0.2, 0) is 4.79 Å². The van der Waals surface area contributed by atoms with Crippen LogP contribution in [0.2, 0.25) is 0 Å². The summed E-state index contributed by atoms with van der Waals surface area (Å²) in [5, 5.41) is 23.5. The minimum atomic E-state index is -1.06. The van der Waals surface area contributed by atoms with Crippen molar-refractivity contribution in [3.63, 3.8) is 0 Å². The zero-order valence-electron chi connectivity index (χ0n) is 24.5. The van der Waals surface area contributed by atoms with Crippen LogP contribution < -0.4 is 24.2 Å². The van der Waals surface area contributed by atoms with Crippen LogP contribution >= 0.6 is 11.8 Å². The summed E-state index contributed by atoms with van der Waals surface area (Å²) in [7, 11) is 0. The fourth-order valence-corrected chi connectivity index (χ4v) is 5.07. The molecule has 1 amide bonds. The van der Waals surface area contributed by atoms with Crippen LogP contribution in [0, 0.1) is 6.92 Å². The Morgan fingerprint density at radius 2 is 1.68 bits per heavy atom. The van der Waals surface area contributed by atoms with Crippen molar-refractivity contribution in [3.05, 3.63) is 131 Å². The van der Waals surface area contributed by atoms with Gasteiger partial charge in [-0.05, 0) is 76.9 Å². The molecule has 0 saturated heterocycles. The molecule has 206 valence electrons. The Hall–Kier alpha value is -3.60. The van der Waals surface area contributed by atoms with Gasteiger partial charge < -0.3 is 17.0 Å². The third-order valence-corrected chi connectivity index (χ3v) is 7.44. The smallest absolute Gasteiger partial charge is 1.00 e. The van der Waals surface area contributed by atoms with Gasteiger partial charge in [0.05, 0.1) is 5.69 Å². The number of nitrogens with zero attached hydrogens (tertiary/aromatic N) is 1. The summed E-state index contributed by atoms with van der Waals surface area (Å²) in [4.78, 5) is 29.7. The molecule has 2 unspecified atom stereocenters. The van der Waals surface area contributed by atoms with Crippen molar-refractivity contribution in [2.45, 2.75) is 25.5 Å². The molecule has 4 rings (SSSR count). The summed E-state index contributed by atoms with van der Waals surface area (Å²) in [5.74, 6) is -0.903. The van der Waals surface area contributed by atoms with Crippen LogP contribution in [-0.4, -0.2) is 45.1 Å². The molecule has 0 aliphatic rings. The van der Waals surface area contributed by atoms with Gasteiger partial charge >= 0.3 is 24.8 Å². The standard InChI is InChI=1S/C33H32N2O4S.Li.H/c1-21-10-7-8-13-25(21)28-20-24(15-16-27(28)32(37)35-29(33(38)39)17-19-40-3)22(2)26-14-9-18-34-30(26)31(36)23-11-5-4-6-12-23;;/h4-16,18,20,29,31,36H,2,17,19H2,1,3H3,(H,35,37)(H,38,39);;/q;+1;-1. The molecule has 3 aromatic carbocycles. The number of nitrogens with one attached hydrogen (secondary N) is 1. The number of aliphatic hydroxyl groups excluding tert-OH is 1. The van der Waals surface area contributed by atoms with Gasteiger partial charge in [0.2, 0.25) is 0 Å². The first-order valence-corrected chi connectivity index (χ1v) is 14.3. The number of hydrogen-bond donors (Lipinski definition) is 3. The summed E-state index contributed by atoms with van der Waals surface area (Å²) in [6.45, 7) is 6.30. The van der Waals surface area contributed by atoms with E-state index < -0.39 is 24.0 Å². The second-order valence-corrected chi connectivity index (χ2v) is 10.4. The normalized spacial score (nSPS) is 12.1. The second-order valence-electron chi connectivity index (χ2n) is 9.45. The van der Waals surface area contributed by atoms with Crippen molar-refractivity contribution in [2.24, 2.45) is 0 Å². The Kier molecular flexibility index (Phi) is 11.6. The number of carbonyl (C=O) groups is 2. The Bertz CT molecular complexity index is 1530. The number of benzene rings is 3. The summed E-state index contributed by atoms with van der Waals surface area (Å²) in [6, 6.07) is 25.1. The van der Waals surface area contributed by atoms with E-state index >= 15 is 0 Å². The van der Waals surface area contributed by atoms with Crippen LogP contribution in [0.5, 0.6) is 0 Å². The molecule has 3 N–H and O–H groups in total. The van der Waals surface area contributed by atoms with Gasteiger partial charge in [-0.1, -0.05) is 73.3 Å². The largest absolute Gasteiger partial charge is 1.00 e. The third kappa shape index (κ3) is 7.58. The number of aromatic nitrogens is 1. The van der Waals surface area contributed by atoms with E-state index in [1.54, 1.807) is 24.4 Å². The maximum Gasteiger partial charge on any atom is 1.00 e. The molecular weight excluding hydrogens is 527 g/mol. The van der Waals surface area contributed by atoms with Crippen molar-refractivity contribution in [3.8, 4) is 11.1 Å². The number of aryl methyl sites for hydroxylation is 1. The SMILES string of the molecule is C=C(c1ccc(C(=O)NC(CCSC)C(=O)O)c(-c2ccccc2C)c1)c1cccnc1C(O)c1ccccc1.[H-].[Li+]. The summed E-state index contributed by atoms with van der Waals surface area (Å²) in [5.41, 5.74) is 6.15. The zero-order valence-corrected chi connectivity index (χ0v) is 24.3. The Labute approximate surface area is 258 Å². The maximum atomic E-state index is 13.4. The molecule has 0 aliphatic carbocycles. The summed E-state index contributed by atoms with van der Waals surface area (Å²) >= 11 is 1.53. The number of thioether (sulfide) groups is 1. The van der Waals surface area contributed by atoms with Crippen LogP contribution in [0.15, 0.2) is 97.7 Å². The molecule has 41 heavy (non-hydrogen) atoms. The van der Waals surface area contributed by atoms with Gasteiger partial charge in [0, 0.05) is 17.3 Å². The molecule has 0 radical (unpaired) electrons. The van der Waals surface area contributed by atoms with Gasteiger partial charge in [0.25, 0.3) is 5.91 Å². The topological polar surface area (TPSA) is 99.5 Å². The monoisotopic (exact) mass is 560 g/mol. The predicted molar refractivity (Wildman–Crippen MR) is 162 cm³/mol. The molecule has 0 aliphatic heterocycles. The van der Waals surface area contributed by atoms with Crippen LogP contribution in [0.3, 0.4) is 0 Å². The van der Waals surface area contributed by atoms with Gasteiger partial charge in [-0.2, -0.15) is 11.8 Å². The summed E-state index contributed by atoms with van der Waals surface area (Å²) in [6.07, 6.45) is 2.92. The minimum Gasteiger partial charge on any atom is -1.00 e. The van der Waals surface area contributed by atoms with Gasteiger partial charge in [0.15, 0.2) is 0 Å². The first-order chi connectivity index (χ1) is 19.3. The Balaban J connectivity index is 0.00000308. The predicted octanol–water partition coefficient (Wildman–Crippen LogP) is 3.25. The number of pyridine rings is 1. The quantitative estimate of drug-likeness (QED) is 0.244. The van der Waals surface area contributed by atoms with E-state index in [2.05, 4.69) is 16.9 Å². The van der Waals surface area contributed by atoms with E-state index in [1.807, 2.05) is 79.9 Å². The minimum absolute atomic E-state index is 0. The third-order valence-electron chi connectivity index (χ3n) is 6.80. The van der Waals surface area contributed by atoms with Crippen molar-refractivity contribution >= 4 is 29.2 Å². The van der Waals surface area contributed by atoms with Crippen LogP contribution in [0.1, 0.15) is 52.3 Å². The zero-order chi connectivity index (χ0) is 28.6. The average Bonchev–Trinajstić information content (AvgIpc) is 2.98. The fraction of sp³-hybridized carbons (Fsp3) is 0.182. The van der Waals surface area contributed by atoms with Crippen molar-refractivity contribution in [2.75, 3.05) is 12.0 Å². The molecule has 6 nitrogen and oxygen atoms in total. The molecule has 0 saturated carbocycles. The van der Waals surface area contributed by atoms with E-state index in [9.17, 15) is 19.8 Å². The van der Waals surface area contributed by atoms with Gasteiger partial charge in [-0.3, -0.25) is 9.78 Å². The Morgan fingerprint density at radius 1 is 0.976 bits per heavy atom. The van der Waals surface area contributed by atoms with Gasteiger partial charge in [-0.15, -0.1) is 0 Å². The van der Waals surface area contributed by atoms with Crippen molar-refractivity contribution in [1.82, 2.24) is 10.3 Å². The first kappa shape index (κ1) is 31.9. The molecule has 1 heterocycles. The van der Waals surface area contributed by atoms with Crippen LogP contribution in [0.25, 0.3) is 16.7 Å². The molecular formula is C33H33LiN2O4S. The molecule has 4 aromatic rings. The van der Waals surface area contributed by atoms with E-state index in [-0.39, 0.29) is 20.3 Å². The van der Waals surface area contributed by atoms with E-state index in [0.717, 1.165) is 22.3 Å². The number of hydrogen-bond acceptors (Lipinski definition) is 5. The number of amides is 1. The maximum absolute atomic E-state index is 13.4. The first-order valence-electron chi connectivity index (χ1n) is 12.9. The van der Waals surface area contributed by atoms with Crippen LogP contribution in [0.4, 0.5) is 0 Å². The summed E-state index contributed by atoms with van der Waals surface area (Å²) < 4.78 is 0. The molecule has 0 fully saturated rings. The number of aliphatic hydroxyl groups is 1. The van der Waals surface area contributed by atoms with Crippen molar-refractivity contribution in [1.29, 1.82) is 0 Å². The van der Waals surface area contributed by atoms with Crippen molar-refractivity contribution < 1.29 is 40.1 Å².